The summed E-state index contributed by atoms with van der Waals surface area (Å²) in [6, 6.07) is 0. The monoisotopic (exact) mass is 238 g/mol. The van der Waals surface area contributed by atoms with E-state index in [1.807, 2.05) is 0 Å². The van der Waals surface area contributed by atoms with Gasteiger partial charge in [-0.25, -0.2) is 0 Å². The second kappa shape index (κ2) is 8.49. The first-order chi connectivity index (χ1) is 6.52. The molecule has 6 heteroatoms. The van der Waals surface area contributed by atoms with E-state index in [1.165, 1.54) is 7.11 Å². The first kappa shape index (κ1) is 16.6. The number of esters is 1. The van der Waals surface area contributed by atoms with E-state index in [0.29, 0.717) is 6.54 Å². The second-order valence-corrected chi connectivity index (χ2v) is 3.31. The Bertz CT molecular complexity index is 212. The fourth-order valence-corrected chi connectivity index (χ4v) is 0.819. The average Bonchev–Trinajstić information content (AvgIpc) is 2.22. The number of amides is 1. The van der Waals surface area contributed by atoms with Crippen molar-refractivity contribution in [2.24, 2.45) is 17.6 Å². The Morgan fingerprint density at radius 2 is 1.87 bits per heavy atom. The second-order valence-electron chi connectivity index (χ2n) is 3.31. The van der Waals surface area contributed by atoms with Gasteiger partial charge in [0.05, 0.1) is 13.0 Å². The number of nitrogens with two attached hydrogens (primary N) is 1. The number of rotatable bonds is 5. The molecule has 2 atom stereocenters. The molecule has 90 valence electrons. The molecule has 0 spiro atoms. The molecule has 5 nitrogen and oxygen atoms in total. The zero-order chi connectivity index (χ0) is 11.1. The van der Waals surface area contributed by atoms with E-state index in [4.69, 9.17) is 5.73 Å². The van der Waals surface area contributed by atoms with Gasteiger partial charge in [0.2, 0.25) is 5.91 Å². The Morgan fingerprint density at radius 3 is 2.27 bits per heavy atom. The van der Waals surface area contributed by atoms with Crippen molar-refractivity contribution >= 4 is 24.3 Å². The molecule has 0 aromatic rings. The Hall–Kier alpha value is -0.810. The summed E-state index contributed by atoms with van der Waals surface area (Å²) in [5, 5.41) is 2.63. The topological polar surface area (TPSA) is 81.4 Å². The molecule has 0 aliphatic rings. The summed E-state index contributed by atoms with van der Waals surface area (Å²) in [5.74, 6) is -1.01. The molecule has 0 bridgehead atoms. The molecule has 0 aromatic carbocycles. The van der Waals surface area contributed by atoms with E-state index < -0.39 is 0 Å². The molecule has 3 N–H and O–H groups in total. The summed E-state index contributed by atoms with van der Waals surface area (Å²) in [4.78, 5) is 22.2. The standard InChI is InChI=1S/C9H18N2O3.ClH/c1-6(4-10)8(12)11-5-7(2)9(13)14-3;/h6-7H,4-5,10H2,1-3H3,(H,11,12);1H. The lowest BCUT2D eigenvalue weighted by atomic mass is 10.1. The maximum atomic E-state index is 11.2. The van der Waals surface area contributed by atoms with Crippen molar-refractivity contribution in [1.29, 1.82) is 0 Å². The van der Waals surface area contributed by atoms with Gasteiger partial charge in [-0.1, -0.05) is 13.8 Å². The van der Waals surface area contributed by atoms with Crippen LogP contribution in [0.15, 0.2) is 0 Å². The molecule has 1 amide bonds. The number of carbonyl (C=O) groups excluding carboxylic acids is 2. The fraction of sp³-hybridized carbons (Fsp3) is 0.778. The van der Waals surface area contributed by atoms with Crippen LogP contribution in [0.25, 0.3) is 0 Å². The van der Waals surface area contributed by atoms with E-state index in [1.54, 1.807) is 13.8 Å². The number of nitrogens with one attached hydrogen (secondary N) is 1. The lowest BCUT2D eigenvalue weighted by Crippen LogP contribution is -2.37. The third kappa shape index (κ3) is 6.30. The first-order valence-corrected chi connectivity index (χ1v) is 4.58. The molecular formula is C9H19ClN2O3. The summed E-state index contributed by atoms with van der Waals surface area (Å²) in [6.07, 6.45) is 0. The van der Waals surface area contributed by atoms with Gasteiger partial charge in [-0.2, -0.15) is 0 Å². The van der Waals surface area contributed by atoms with Crippen molar-refractivity contribution in [3.8, 4) is 0 Å². The minimum absolute atomic E-state index is 0. The molecule has 2 unspecified atom stereocenters. The Labute approximate surface area is 96.1 Å². The van der Waals surface area contributed by atoms with Gasteiger partial charge in [-0.05, 0) is 0 Å². The number of halogens is 1. The van der Waals surface area contributed by atoms with Crippen LogP contribution in [0.2, 0.25) is 0 Å². The average molecular weight is 239 g/mol. The molecule has 0 rings (SSSR count). The molecule has 0 heterocycles. The van der Waals surface area contributed by atoms with Crippen molar-refractivity contribution < 1.29 is 14.3 Å². The highest BCUT2D eigenvalue weighted by molar-refractivity contribution is 5.85. The summed E-state index contributed by atoms with van der Waals surface area (Å²) in [7, 11) is 1.32. The molecule has 0 aliphatic heterocycles. The van der Waals surface area contributed by atoms with Crippen molar-refractivity contribution in [2.75, 3.05) is 20.2 Å². The molecule has 0 radical (unpaired) electrons. The quantitative estimate of drug-likeness (QED) is 0.657. The first-order valence-electron chi connectivity index (χ1n) is 4.58. The summed E-state index contributed by atoms with van der Waals surface area (Å²) >= 11 is 0. The summed E-state index contributed by atoms with van der Waals surface area (Å²) in [6.45, 7) is 4.02. The molecule has 0 saturated carbocycles. The van der Waals surface area contributed by atoms with Crippen molar-refractivity contribution in [2.45, 2.75) is 13.8 Å². The van der Waals surface area contributed by atoms with Crippen LogP contribution in [0.3, 0.4) is 0 Å². The third-order valence-corrected chi connectivity index (χ3v) is 1.99. The van der Waals surface area contributed by atoms with Crippen LogP contribution in [0.1, 0.15) is 13.8 Å². The fourth-order valence-electron chi connectivity index (χ4n) is 0.819. The van der Waals surface area contributed by atoms with Gasteiger partial charge in [-0.15, -0.1) is 12.4 Å². The Balaban J connectivity index is 0. The maximum absolute atomic E-state index is 11.2. The largest absolute Gasteiger partial charge is 0.469 e. The van der Waals surface area contributed by atoms with Crippen LogP contribution in [0.4, 0.5) is 0 Å². The SMILES string of the molecule is COC(=O)C(C)CNC(=O)C(C)CN.Cl. The summed E-state index contributed by atoms with van der Waals surface area (Å²) in [5.41, 5.74) is 5.31. The Kier molecular flexibility index (Phi) is 9.41. The zero-order valence-electron chi connectivity index (χ0n) is 9.28. The molecule has 0 fully saturated rings. The highest BCUT2D eigenvalue weighted by atomic mass is 35.5. The maximum Gasteiger partial charge on any atom is 0.310 e. The minimum Gasteiger partial charge on any atom is -0.469 e. The van der Waals surface area contributed by atoms with Crippen LogP contribution in [-0.2, 0) is 14.3 Å². The van der Waals surface area contributed by atoms with E-state index in [0.717, 1.165) is 0 Å². The highest BCUT2D eigenvalue weighted by Crippen LogP contribution is 1.97. The van der Waals surface area contributed by atoms with Gasteiger partial charge in [0.25, 0.3) is 0 Å². The smallest absolute Gasteiger partial charge is 0.310 e. The number of hydrogen-bond donors (Lipinski definition) is 2. The van der Waals surface area contributed by atoms with Crippen LogP contribution in [0.5, 0.6) is 0 Å². The Morgan fingerprint density at radius 1 is 1.33 bits per heavy atom. The van der Waals surface area contributed by atoms with Gasteiger partial charge in [0, 0.05) is 19.0 Å². The van der Waals surface area contributed by atoms with Crippen molar-refractivity contribution in [3.05, 3.63) is 0 Å². The zero-order valence-corrected chi connectivity index (χ0v) is 10.1. The molecule has 0 aliphatic carbocycles. The molecular weight excluding hydrogens is 220 g/mol. The molecule has 0 aromatic heterocycles. The van der Waals surface area contributed by atoms with Crippen molar-refractivity contribution in [3.63, 3.8) is 0 Å². The normalized spacial score (nSPS) is 13.3. The van der Waals surface area contributed by atoms with Crippen LogP contribution in [-0.4, -0.2) is 32.1 Å². The number of ether oxygens (including phenoxy) is 1. The number of methoxy groups -OCH3 is 1. The van der Waals surface area contributed by atoms with E-state index in [9.17, 15) is 9.59 Å². The predicted molar refractivity (Wildman–Crippen MR) is 59.7 cm³/mol. The highest BCUT2D eigenvalue weighted by Gasteiger charge is 2.16. The molecule has 15 heavy (non-hydrogen) atoms. The molecule has 0 saturated heterocycles. The minimum atomic E-state index is -0.328. The van der Waals surface area contributed by atoms with Gasteiger partial charge < -0.3 is 15.8 Å². The van der Waals surface area contributed by atoms with Gasteiger partial charge in [-0.3, -0.25) is 9.59 Å². The lowest BCUT2D eigenvalue weighted by molar-refractivity contribution is -0.144. The van der Waals surface area contributed by atoms with E-state index in [-0.39, 0.29) is 42.7 Å². The van der Waals surface area contributed by atoms with Gasteiger partial charge in [0.1, 0.15) is 0 Å². The summed E-state index contributed by atoms with van der Waals surface area (Å²) < 4.78 is 4.52. The van der Waals surface area contributed by atoms with Crippen LogP contribution in [0, 0.1) is 11.8 Å². The van der Waals surface area contributed by atoms with E-state index >= 15 is 0 Å². The number of hydrogen-bond acceptors (Lipinski definition) is 4. The number of carbonyl (C=O) groups is 2. The van der Waals surface area contributed by atoms with Crippen LogP contribution < -0.4 is 11.1 Å². The van der Waals surface area contributed by atoms with Crippen molar-refractivity contribution in [1.82, 2.24) is 5.32 Å². The predicted octanol–water partition coefficient (Wildman–Crippen LogP) is -0.0717. The van der Waals surface area contributed by atoms with E-state index in [2.05, 4.69) is 10.1 Å². The van der Waals surface area contributed by atoms with Gasteiger partial charge in [0.15, 0.2) is 0 Å². The lowest BCUT2D eigenvalue weighted by Gasteiger charge is -2.13. The van der Waals surface area contributed by atoms with Gasteiger partial charge >= 0.3 is 5.97 Å². The van der Waals surface area contributed by atoms with Crippen LogP contribution >= 0.6 is 12.4 Å². The third-order valence-electron chi connectivity index (χ3n) is 1.99.